The maximum atomic E-state index is 4.46. The number of hydrogen-bond acceptors (Lipinski definition) is 5. The molecule has 8 nitrogen and oxygen atoms in total. The molecule has 0 spiro atoms. The molecule has 1 saturated heterocycles. The Balaban J connectivity index is 1.23. The standard InChI is InChI=1S/C20H30N8/c1-15-25-26-19-7-6-16(14-28(15)19)13-23-20(21-2)24-17-8-11-27(12-9-17)18-5-3-4-10-22-18/h3-5,10,16-17H,6-9,11-14H2,1-2H3,(H2,21,23,24). The highest BCUT2D eigenvalue weighted by Crippen LogP contribution is 2.19. The maximum Gasteiger partial charge on any atom is 0.191 e. The van der Waals surface area contributed by atoms with Crippen LogP contribution < -0.4 is 15.5 Å². The molecule has 150 valence electrons. The summed E-state index contributed by atoms with van der Waals surface area (Å²) in [4.78, 5) is 11.3. The predicted molar refractivity (Wildman–Crippen MR) is 111 cm³/mol. The second-order valence-corrected chi connectivity index (χ2v) is 7.73. The van der Waals surface area contributed by atoms with E-state index in [9.17, 15) is 0 Å². The summed E-state index contributed by atoms with van der Waals surface area (Å²) in [5.74, 6) is 4.69. The van der Waals surface area contributed by atoms with Gasteiger partial charge in [0.05, 0.1) is 0 Å². The van der Waals surface area contributed by atoms with Gasteiger partial charge in [-0.15, -0.1) is 10.2 Å². The molecule has 2 aliphatic rings. The number of pyridine rings is 1. The van der Waals surface area contributed by atoms with Crippen molar-refractivity contribution in [2.45, 2.75) is 45.2 Å². The lowest BCUT2D eigenvalue weighted by Crippen LogP contribution is -2.50. The zero-order valence-electron chi connectivity index (χ0n) is 16.8. The van der Waals surface area contributed by atoms with Gasteiger partial charge in [0.1, 0.15) is 17.5 Å². The van der Waals surface area contributed by atoms with Crippen molar-refractivity contribution in [1.82, 2.24) is 30.4 Å². The number of aryl methyl sites for hydroxylation is 2. The van der Waals surface area contributed by atoms with Crippen molar-refractivity contribution in [3.05, 3.63) is 36.0 Å². The Hall–Kier alpha value is -2.64. The van der Waals surface area contributed by atoms with Gasteiger partial charge < -0.3 is 20.1 Å². The van der Waals surface area contributed by atoms with E-state index in [0.29, 0.717) is 12.0 Å². The summed E-state index contributed by atoms with van der Waals surface area (Å²) in [6.07, 6.45) is 6.19. The molecule has 0 aliphatic carbocycles. The molecule has 28 heavy (non-hydrogen) atoms. The van der Waals surface area contributed by atoms with Gasteiger partial charge >= 0.3 is 0 Å². The monoisotopic (exact) mass is 382 g/mol. The molecular formula is C20H30N8. The largest absolute Gasteiger partial charge is 0.356 e. The van der Waals surface area contributed by atoms with Gasteiger partial charge in [0, 0.05) is 51.9 Å². The van der Waals surface area contributed by atoms with Crippen LogP contribution in [0.3, 0.4) is 0 Å². The van der Waals surface area contributed by atoms with E-state index in [-0.39, 0.29) is 0 Å². The second kappa shape index (κ2) is 8.58. The van der Waals surface area contributed by atoms with Crippen LogP contribution in [0.4, 0.5) is 5.82 Å². The quantitative estimate of drug-likeness (QED) is 0.614. The summed E-state index contributed by atoms with van der Waals surface area (Å²) >= 11 is 0. The summed E-state index contributed by atoms with van der Waals surface area (Å²) in [5.41, 5.74) is 0. The van der Waals surface area contributed by atoms with Crippen LogP contribution in [0, 0.1) is 12.8 Å². The van der Waals surface area contributed by atoms with E-state index < -0.39 is 0 Å². The summed E-state index contributed by atoms with van der Waals surface area (Å²) in [7, 11) is 1.85. The van der Waals surface area contributed by atoms with Crippen molar-refractivity contribution in [2.75, 3.05) is 31.6 Å². The van der Waals surface area contributed by atoms with E-state index in [0.717, 1.165) is 75.3 Å². The molecule has 0 radical (unpaired) electrons. The van der Waals surface area contributed by atoms with Crippen LogP contribution in [0.1, 0.15) is 30.9 Å². The Morgan fingerprint density at radius 3 is 2.82 bits per heavy atom. The molecule has 2 N–H and O–H groups in total. The van der Waals surface area contributed by atoms with Crippen LogP contribution in [-0.2, 0) is 13.0 Å². The highest BCUT2D eigenvalue weighted by molar-refractivity contribution is 5.80. The number of nitrogens with zero attached hydrogens (tertiary/aromatic N) is 6. The molecule has 4 heterocycles. The van der Waals surface area contributed by atoms with Crippen molar-refractivity contribution in [1.29, 1.82) is 0 Å². The molecule has 8 heteroatoms. The van der Waals surface area contributed by atoms with Crippen LogP contribution in [0.15, 0.2) is 29.4 Å². The van der Waals surface area contributed by atoms with Crippen LogP contribution in [-0.4, -0.2) is 58.4 Å². The fraction of sp³-hybridized carbons (Fsp3) is 0.600. The van der Waals surface area contributed by atoms with E-state index in [2.05, 4.69) is 46.3 Å². The fourth-order valence-electron chi connectivity index (χ4n) is 4.12. The molecule has 1 fully saturated rings. The zero-order valence-corrected chi connectivity index (χ0v) is 16.8. The Kier molecular flexibility index (Phi) is 5.73. The first-order valence-corrected chi connectivity index (χ1v) is 10.2. The van der Waals surface area contributed by atoms with Crippen molar-refractivity contribution in [2.24, 2.45) is 10.9 Å². The number of guanidine groups is 1. The SMILES string of the molecule is CN=C(NCC1CCc2nnc(C)n2C1)NC1CCN(c2ccccn2)CC1. The molecule has 0 bridgehead atoms. The number of rotatable bonds is 4. The highest BCUT2D eigenvalue weighted by Gasteiger charge is 2.23. The number of fused-ring (bicyclic) bond motifs is 1. The average Bonchev–Trinajstić information content (AvgIpc) is 3.12. The Labute approximate surface area is 166 Å². The number of aliphatic imine (C=N–C) groups is 1. The van der Waals surface area contributed by atoms with E-state index in [1.54, 1.807) is 0 Å². The van der Waals surface area contributed by atoms with E-state index in [1.165, 1.54) is 0 Å². The van der Waals surface area contributed by atoms with E-state index in [4.69, 9.17) is 0 Å². The van der Waals surface area contributed by atoms with Gasteiger partial charge in [0.15, 0.2) is 5.96 Å². The first-order chi connectivity index (χ1) is 13.7. The van der Waals surface area contributed by atoms with Gasteiger partial charge in [0.25, 0.3) is 0 Å². The lowest BCUT2D eigenvalue weighted by atomic mass is 9.99. The van der Waals surface area contributed by atoms with Gasteiger partial charge in [0.2, 0.25) is 0 Å². The summed E-state index contributed by atoms with van der Waals surface area (Å²) < 4.78 is 2.25. The Bertz CT molecular complexity index is 792. The number of anilines is 1. The third-order valence-corrected chi connectivity index (χ3v) is 5.82. The molecule has 2 aromatic heterocycles. The average molecular weight is 383 g/mol. The molecule has 0 amide bonds. The van der Waals surface area contributed by atoms with Gasteiger partial charge in [-0.2, -0.15) is 0 Å². The molecule has 2 aliphatic heterocycles. The molecule has 4 rings (SSSR count). The van der Waals surface area contributed by atoms with E-state index >= 15 is 0 Å². The Morgan fingerprint density at radius 2 is 2.07 bits per heavy atom. The van der Waals surface area contributed by atoms with Crippen molar-refractivity contribution in [3.63, 3.8) is 0 Å². The summed E-state index contributed by atoms with van der Waals surface area (Å²) in [6, 6.07) is 6.55. The smallest absolute Gasteiger partial charge is 0.191 e. The van der Waals surface area contributed by atoms with Crippen LogP contribution in [0.5, 0.6) is 0 Å². The molecular weight excluding hydrogens is 352 g/mol. The van der Waals surface area contributed by atoms with Crippen molar-refractivity contribution >= 4 is 11.8 Å². The topological polar surface area (TPSA) is 83.3 Å². The fourth-order valence-corrected chi connectivity index (χ4v) is 4.12. The van der Waals surface area contributed by atoms with Crippen molar-refractivity contribution < 1.29 is 0 Å². The number of aromatic nitrogens is 4. The molecule has 0 aromatic carbocycles. The first-order valence-electron chi connectivity index (χ1n) is 10.2. The van der Waals surface area contributed by atoms with Crippen LogP contribution >= 0.6 is 0 Å². The number of nitrogens with one attached hydrogen (secondary N) is 2. The number of hydrogen-bond donors (Lipinski definition) is 2. The Morgan fingerprint density at radius 1 is 1.21 bits per heavy atom. The summed E-state index contributed by atoms with van der Waals surface area (Å²) in [6.45, 7) is 5.97. The van der Waals surface area contributed by atoms with Crippen molar-refractivity contribution in [3.8, 4) is 0 Å². The summed E-state index contributed by atoms with van der Waals surface area (Å²) in [5, 5.41) is 15.6. The van der Waals surface area contributed by atoms with Gasteiger partial charge in [-0.25, -0.2) is 4.98 Å². The van der Waals surface area contributed by atoms with Crippen LogP contribution in [0.25, 0.3) is 0 Å². The highest BCUT2D eigenvalue weighted by atomic mass is 15.3. The molecule has 1 atom stereocenters. The normalized spacial score (nSPS) is 20.7. The van der Waals surface area contributed by atoms with E-state index in [1.807, 2.05) is 32.3 Å². The minimum atomic E-state index is 0.448. The minimum Gasteiger partial charge on any atom is -0.356 e. The third-order valence-electron chi connectivity index (χ3n) is 5.82. The number of piperidine rings is 1. The molecule has 0 saturated carbocycles. The van der Waals surface area contributed by atoms with Gasteiger partial charge in [-0.05, 0) is 44.2 Å². The predicted octanol–water partition coefficient (Wildman–Crippen LogP) is 1.38. The lowest BCUT2D eigenvalue weighted by Gasteiger charge is -2.34. The molecule has 1 unspecified atom stereocenters. The minimum absolute atomic E-state index is 0.448. The maximum absolute atomic E-state index is 4.46. The molecule has 2 aromatic rings. The van der Waals surface area contributed by atoms with Crippen LogP contribution in [0.2, 0.25) is 0 Å². The lowest BCUT2D eigenvalue weighted by molar-refractivity contribution is 0.357. The third kappa shape index (κ3) is 4.26. The zero-order chi connectivity index (χ0) is 19.3. The first kappa shape index (κ1) is 18.7. The second-order valence-electron chi connectivity index (χ2n) is 7.73. The van der Waals surface area contributed by atoms with Gasteiger partial charge in [-0.1, -0.05) is 6.07 Å². The van der Waals surface area contributed by atoms with Gasteiger partial charge in [-0.3, -0.25) is 4.99 Å².